The van der Waals surface area contributed by atoms with Crippen LogP contribution in [0, 0.1) is 0 Å². The quantitative estimate of drug-likeness (QED) is 0.750. The number of para-hydroxylation sites is 1. The van der Waals surface area contributed by atoms with E-state index in [4.69, 9.17) is 4.98 Å². The van der Waals surface area contributed by atoms with Gasteiger partial charge in [-0.2, -0.15) is 5.10 Å². The van der Waals surface area contributed by atoms with Crippen LogP contribution < -0.4 is 10.2 Å². The van der Waals surface area contributed by atoms with E-state index < -0.39 is 0 Å². The normalized spacial score (nSPS) is 13.4. The molecular weight excluding hydrogens is 312 g/mol. The molecule has 0 aliphatic carbocycles. The molecule has 6 heteroatoms. The number of aryl methyl sites for hydroxylation is 2. The molecule has 2 aromatic heterocycles. The Balaban J connectivity index is 1.49. The van der Waals surface area contributed by atoms with E-state index in [1.807, 2.05) is 17.9 Å². The Morgan fingerprint density at radius 3 is 2.96 bits per heavy atom. The fourth-order valence-corrected chi connectivity index (χ4v) is 3.49. The highest BCUT2D eigenvalue weighted by atomic mass is 15.3. The number of hydrogen-bond donors (Lipinski definition) is 1. The Morgan fingerprint density at radius 2 is 2.08 bits per heavy atom. The molecule has 0 fully saturated rings. The van der Waals surface area contributed by atoms with E-state index in [0.29, 0.717) is 0 Å². The first-order valence-corrected chi connectivity index (χ1v) is 9.01. The molecule has 0 radical (unpaired) electrons. The second-order valence-electron chi connectivity index (χ2n) is 6.54. The van der Waals surface area contributed by atoms with E-state index in [9.17, 15) is 0 Å². The van der Waals surface area contributed by atoms with Crippen molar-refractivity contribution in [1.29, 1.82) is 0 Å². The van der Waals surface area contributed by atoms with E-state index in [1.54, 1.807) is 0 Å². The summed E-state index contributed by atoms with van der Waals surface area (Å²) in [6.45, 7) is 5.05. The second-order valence-corrected chi connectivity index (χ2v) is 6.54. The van der Waals surface area contributed by atoms with Gasteiger partial charge in [-0.15, -0.1) is 0 Å². The molecule has 0 amide bonds. The van der Waals surface area contributed by atoms with Gasteiger partial charge in [0.25, 0.3) is 0 Å². The molecule has 0 atom stereocenters. The molecule has 3 heterocycles. The van der Waals surface area contributed by atoms with Crippen molar-refractivity contribution in [3.05, 3.63) is 41.9 Å². The summed E-state index contributed by atoms with van der Waals surface area (Å²) in [7, 11) is 1.93. The van der Waals surface area contributed by atoms with Crippen LogP contribution in [0.25, 0.3) is 11.0 Å². The summed E-state index contributed by atoms with van der Waals surface area (Å²) in [5.41, 5.74) is 3.71. The van der Waals surface area contributed by atoms with Crippen LogP contribution >= 0.6 is 0 Å². The van der Waals surface area contributed by atoms with E-state index in [0.717, 1.165) is 61.6 Å². The Labute approximate surface area is 147 Å². The van der Waals surface area contributed by atoms with Crippen LogP contribution in [0.1, 0.15) is 24.7 Å². The molecule has 0 bridgehead atoms. The van der Waals surface area contributed by atoms with Gasteiger partial charge in [-0.25, -0.2) is 9.97 Å². The summed E-state index contributed by atoms with van der Waals surface area (Å²) in [6, 6.07) is 8.68. The van der Waals surface area contributed by atoms with Crippen molar-refractivity contribution in [1.82, 2.24) is 19.7 Å². The Bertz CT molecular complexity index is 885. The average Bonchev–Trinajstić information content (AvgIpc) is 3.20. The molecule has 0 spiro atoms. The van der Waals surface area contributed by atoms with Crippen molar-refractivity contribution < 1.29 is 0 Å². The molecular formula is C19H24N6. The van der Waals surface area contributed by atoms with Crippen molar-refractivity contribution in [3.63, 3.8) is 0 Å². The Morgan fingerprint density at radius 1 is 1.20 bits per heavy atom. The van der Waals surface area contributed by atoms with Gasteiger partial charge in [0, 0.05) is 38.8 Å². The molecule has 1 aliphatic rings. The summed E-state index contributed by atoms with van der Waals surface area (Å²) in [6.07, 6.45) is 4.90. The third kappa shape index (κ3) is 3.04. The summed E-state index contributed by atoms with van der Waals surface area (Å²) in [5.74, 6) is 1.78. The zero-order chi connectivity index (χ0) is 17.2. The molecule has 4 rings (SSSR count). The van der Waals surface area contributed by atoms with Crippen LogP contribution in [0.15, 0.2) is 30.5 Å². The monoisotopic (exact) mass is 336 g/mol. The number of hydrogen-bond acceptors (Lipinski definition) is 5. The predicted octanol–water partition coefficient (Wildman–Crippen LogP) is 2.79. The highest BCUT2D eigenvalue weighted by molar-refractivity contribution is 5.86. The lowest BCUT2D eigenvalue weighted by atomic mass is 10.2. The fourth-order valence-electron chi connectivity index (χ4n) is 3.49. The van der Waals surface area contributed by atoms with Crippen LogP contribution in [-0.4, -0.2) is 39.4 Å². The van der Waals surface area contributed by atoms with Gasteiger partial charge >= 0.3 is 0 Å². The summed E-state index contributed by atoms with van der Waals surface area (Å²) in [4.78, 5) is 11.8. The van der Waals surface area contributed by atoms with Gasteiger partial charge in [-0.05, 0) is 24.5 Å². The molecule has 6 nitrogen and oxygen atoms in total. The molecule has 1 N–H and O–H groups in total. The van der Waals surface area contributed by atoms with Gasteiger partial charge in [-0.3, -0.25) is 4.68 Å². The van der Waals surface area contributed by atoms with E-state index in [2.05, 4.69) is 51.5 Å². The molecule has 0 unspecified atom stereocenters. The highest BCUT2D eigenvalue weighted by Crippen LogP contribution is 2.27. The molecule has 1 aromatic carbocycles. The number of benzene rings is 1. The largest absolute Gasteiger partial charge is 0.369 e. The maximum absolute atomic E-state index is 4.72. The SMILES string of the molecule is CCCc1nc(NCCN2CCc3ccccc32)c2cnn(C)c2n1. The fraction of sp³-hybridized carbons (Fsp3) is 0.421. The molecule has 25 heavy (non-hydrogen) atoms. The smallest absolute Gasteiger partial charge is 0.163 e. The lowest BCUT2D eigenvalue weighted by Gasteiger charge is -2.20. The van der Waals surface area contributed by atoms with E-state index in [-0.39, 0.29) is 0 Å². The number of nitrogens with zero attached hydrogens (tertiary/aromatic N) is 5. The number of nitrogens with one attached hydrogen (secondary N) is 1. The zero-order valence-corrected chi connectivity index (χ0v) is 14.9. The summed E-state index contributed by atoms with van der Waals surface area (Å²) in [5, 5.41) is 8.84. The Kier molecular flexibility index (Phi) is 4.26. The maximum Gasteiger partial charge on any atom is 0.163 e. The van der Waals surface area contributed by atoms with Crippen LogP contribution in [-0.2, 0) is 19.9 Å². The van der Waals surface area contributed by atoms with Gasteiger partial charge in [0.1, 0.15) is 11.6 Å². The van der Waals surface area contributed by atoms with Gasteiger partial charge in [0.15, 0.2) is 5.65 Å². The minimum atomic E-state index is 0.848. The van der Waals surface area contributed by atoms with Crippen LogP contribution in [0.4, 0.5) is 11.5 Å². The maximum atomic E-state index is 4.72. The van der Waals surface area contributed by atoms with Crippen LogP contribution in [0.5, 0.6) is 0 Å². The van der Waals surface area contributed by atoms with E-state index in [1.165, 1.54) is 11.3 Å². The van der Waals surface area contributed by atoms with Gasteiger partial charge in [-0.1, -0.05) is 25.1 Å². The molecule has 0 saturated carbocycles. The van der Waals surface area contributed by atoms with Gasteiger partial charge in [0.05, 0.1) is 11.6 Å². The average molecular weight is 336 g/mol. The number of anilines is 2. The van der Waals surface area contributed by atoms with Crippen molar-refractivity contribution in [3.8, 4) is 0 Å². The molecule has 130 valence electrons. The van der Waals surface area contributed by atoms with Crippen LogP contribution in [0.3, 0.4) is 0 Å². The topological polar surface area (TPSA) is 58.9 Å². The lowest BCUT2D eigenvalue weighted by molar-refractivity contribution is 0.772. The first-order valence-electron chi connectivity index (χ1n) is 9.01. The third-order valence-corrected chi connectivity index (χ3v) is 4.77. The first kappa shape index (κ1) is 15.9. The zero-order valence-electron chi connectivity index (χ0n) is 14.9. The predicted molar refractivity (Wildman–Crippen MR) is 101 cm³/mol. The van der Waals surface area contributed by atoms with Crippen LogP contribution in [0.2, 0.25) is 0 Å². The van der Waals surface area contributed by atoms with Crippen molar-refractivity contribution in [2.45, 2.75) is 26.2 Å². The van der Waals surface area contributed by atoms with Gasteiger partial charge < -0.3 is 10.2 Å². The number of fused-ring (bicyclic) bond motifs is 2. The van der Waals surface area contributed by atoms with Crippen molar-refractivity contribution in [2.75, 3.05) is 29.9 Å². The van der Waals surface area contributed by atoms with Crippen molar-refractivity contribution in [2.24, 2.45) is 7.05 Å². The number of aromatic nitrogens is 4. The standard InChI is InChI=1S/C19H24N6/c1-3-6-17-22-18(15-13-21-24(2)19(15)23-17)20-10-12-25-11-9-14-7-4-5-8-16(14)25/h4-5,7-8,13H,3,6,9-12H2,1-2H3,(H,20,22,23). The Hall–Kier alpha value is -2.63. The van der Waals surface area contributed by atoms with E-state index >= 15 is 0 Å². The number of rotatable bonds is 6. The second kappa shape index (κ2) is 6.70. The molecule has 0 saturated heterocycles. The highest BCUT2D eigenvalue weighted by Gasteiger charge is 2.18. The molecule has 1 aliphatic heterocycles. The lowest BCUT2D eigenvalue weighted by Crippen LogP contribution is -2.27. The van der Waals surface area contributed by atoms with Gasteiger partial charge in [0.2, 0.25) is 0 Å². The minimum Gasteiger partial charge on any atom is -0.369 e. The third-order valence-electron chi connectivity index (χ3n) is 4.77. The minimum absolute atomic E-state index is 0.848. The molecule has 3 aromatic rings. The first-order chi connectivity index (χ1) is 12.3. The summed E-state index contributed by atoms with van der Waals surface area (Å²) >= 11 is 0. The van der Waals surface area contributed by atoms with Crippen molar-refractivity contribution >= 4 is 22.5 Å². The summed E-state index contributed by atoms with van der Waals surface area (Å²) < 4.78 is 1.82.